The van der Waals surface area contributed by atoms with Gasteiger partial charge in [-0.2, -0.15) is 0 Å². The summed E-state index contributed by atoms with van der Waals surface area (Å²) in [4.78, 5) is 26.0. The van der Waals surface area contributed by atoms with E-state index in [0.29, 0.717) is 18.2 Å². The van der Waals surface area contributed by atoms with Crippen LogP contribution in [0.5, 0.6) is 5.88 Å². The molecule has 4 heterocycles. The van der Waals surface area contributed by atoms with Crippen molar-refractivity contribution in [2.75, 3.05) is 31.6 Å². The Kier molecular flexibility index (Phi) is 4.72. The minimum atomic E-state index is 0.143. The number of piperidine rings is 1. The minimum Gasteiger partial charge on any atom is -0.478 e. The molecule has 0 bridgehead atoms. The van der Waals surface area contributed by atoms with Crippen LogP contribution in [0.3, 0.4) is 0 Å². The van der Waals surface area contributed by atoms with Crippen molar-refractivity contribution in [2.24, 2.45) is 5.92 Å². The van der Waals surface area contributed by atoms with Crippen molar-refractivity contribution in [1.29, 1.82) is 0 Å². The molecule has 0 spiro atoms. The van der Waals surface area contributed by atoms with Crippen molar-refractivity contribution in [1.82, 2.24) is 20.0 Å². The van der Waals surface area contributed by atoms with E-state index in [1.54, 1.807) is 19.5 Å². The smallest absolute Gasteiger partial charge is 0.257 e. The van der Waals surface area contributed by atoms with Crippen LogP contribution in [0.15, 0.2) is 16.9 Å². The lowest BCUT2D eigenvalue weighted by molar-refractivity contribution is -0.131. The summed E-state index contributed by atoms with van der Waals surface area (Å²) >= 11 is 0. The van der Waals surface area contributed by atoms with Gasteiger partial charge in [0.2, 0.25) is 5.91 Å². The Balaban J connectivity index is 1.51. The molecule has 2 aromatic rings. The highest BCUT2D eigenvalue weighted by molar-refractivity contribution is 5.80. The van der Waals surface area contributed by atoms with Gasteiger partial charge in [0.05, 0.1) is 25.3 Å². The highest BCUT2D eigenvalue weighted by atomic mass is 16.5. The van der Waals surface area contributed by atoms with E-state index in [-0.39, 0.29) is 11.9 Å². The van der Waals surface area contributed by atoms with Crippen LogP contribution in [0.1, 0.15) is 29.9 Å². The Morgan fingerprint density at radius 2 is 2.04 bits per heavy atom. The van der Waals surface area contributed by atoms with Crippen LogP contribution in [0.2, 0.25) is 0 Å². The molecule has 2 aromatic heterocycles. The first-order chi connectivity index (χ1) is 13.1. The maximum Gasteiger partial charge on any atom is 0.257 e. The number of methoxy groups -OCH3 is 1. The molecule has 0 aromatic carbocycles. The molecule has 8 nitrogen and oxygen atoms in total. The summed E-state index contributed by atoms with van der Waals surface area (Å²) in [6, 6.07) is 0.193. The van der Waals surface area contributed by atoms with Crippen LogP contribution < -0.4 is 9.64 Å². The number of rotatable bonds is 4. The van der Waals surface area contributed by atoms with Crippen LogP contribution in [0, 0.1) is 19.8 Å². The van der Waals surface area contributed by atoms with Gasteiger partial charge >= 0.3 is 0 Å². The Labute approximate surface area is 158 Å². The summed E-state index contributed by atoms with van der Waals surface area (Å²) in [5.74, 6) is 2.69. The standard InChI is InChI=1S/C19H25N5O3/c1-12-15(13(2)27-22-12)10-17(25)24-9-5-14-4-8-23(11-16(14)24)18-19(26-3)21-7-6-20-18/h6-7,14,16H,4-5,8-11H2,1-3H3. The molecular weight excluding hydrogens is 346 g/mol. The van der Waals surface area contributed by atoms with Crippen molar-refractivity contribution in [3.05, 3.63) is 29.4 Å². The maximum absolute atomic E-state index is 13.0. The highest BCUT2D eigenvalue weighted by Crippen LogP contribution is 2.35. The van der Waals surface area contributed by atoms with E-state index in [2.05, 4.69) is 20.0 Å². The van der Waals surface area contributed by atoms with Gasteiger partial charge in [-0.15, -0.1) is 0 Å². The number of hydrogen-bond acceptors (Lipinski definition) is 7. The molecule has 0 N–H and O–H groups in total. The lowest BCUT2D eigenvalue weighted by Gasteiger charge is -2.39. The quantitative estimate of drug-likeness (QED) is 0.809. The van der Waals surface area contributed by atoms with Gasteiger partial charge in [-0.05, 0) is 32.6 Å². The molecule has 2 fully saturated rings. The number of nitrogens with zero attached hydrogens (tertiary/aromatic N) is 5. The SMILES string of the molecule is COc1nccnc1N1CCC2CCN(C(=O)Cc3c(C)noc3C)C2C1. The van der Waals surface area contributed by atoms with Crippen molar-refractivity contribution in [3.63, 3.8) is 0 Å². The van der Waals surface area contributed by atoms with Crippen LogP contribution in [-0.2, 0) is 11.2 Å². The number of carbonyl (C=O) groups is 1. The van der Waals surface area contributed by atoms with Gasteiger partial charge < -0.3 is 19.1 Å². The fraction of sp³-hybridized carbons (Fsp3) is 0.579. The third-order valence-corrected chi connectivity index (χ3v) is 5.83. The van der Waals surface area contributed by atoms with Crippen molar-refractivity contribution in [3.8, 4) is 5.88 Å². The molecule has 1 amide bonds. The van der Waals surface area contributed by atoms with Crippen molar-refractivity contribution < 1.29 is 14.1 Å². The maximum atomic E-state index is 13.0. The average Bonchev–Trinajstić information content (AvgIpc) is 3.25. The predicted octanol–water partition coefficient (Wildman–Crippen LogP) is 1.76. The second kappa shape index (κ2) is 7.17. The number of hydrogen-bond donors (Lipinski definition) is 0. The first-order valence-electron chi connectivity index (χ1n) is 9.39. The zero-order chi connectivity index (χ0) is 19.0. The molecule has 2 saturated heterocycles. The fourth-order valence-electron chi connectivity index (χ4n) is 4.33. The molecule has 2 aliphatic heterocycles. The van der Waals surface area contributed by atoms with E-state index in [1.807, 2.05) is 18.7 Å². The van der Waals surface area contributed by atoms with Gasteiger partial charge in [0.1, 0.15) is 5.76 Å². The van der Waals surface area contributed by atoms with Crippen LogP contribution in [0.4, 0.5) is 5.82 Å². The molecule has 2 aliphatic rings. The number of aryl methyl sites for hydroxylation is 2. The number of fused-ring (bicyclic) bond motifs is 1. The molecule has 0 aliphatic carbocycles. The zero-order valence-corrected chi connectivity index (χ0v) is 16.0. The topological polar surface area (TPSA) is 84.6 Å². The average molecular weight is 371 g/mol. The summed E-state index contributed by atoms with van der Waals surface area (Å²) in [5.41, 5.74) is 1.71. The number of likely N-dealkylation sites (tertiary alicyclic amines) is 1. The number of amides is 1. The Bertz CT molecular complexity index is 817. The Hall–Kier alpha value is -2.64. The lowest BCUT2D eigenvalue weighted by atomic mass is 9.92. The number of aromatic nitrogens is 3. The van der Waals surface area contributed by atoms with Crippen molar-refractivity contribution >= 4 is 11.7 Å². The molecule has 4 rings (SSSR count). The third kappa shape index (κ3) is 3.24. The summed E-state index contributed by atoms with van der Waals surface area (Å²) in [5, 5.41) is 3.97. The molecule has 0 saturated carbocycles. The second-order valence-electron chi connectivity index (χ2n) is 7.31. The van der Waals surface area contributed by atoms with Crippen molar-refractivity contribution in [2.45, 2.75) is 39.2 Å². The molecular formula is C19H25N5O3. The molecule has 2 atom stereocenters. The summed E-state index contributed by atoms with van der Waals surface area (Å²) in [7, 11) is 1.61. The summed E-state index contributed by atoms with van der Waals surface area (Å²) in [6.45, 7) is 6.21. The number of anilines is 1. The Morgan fingerprint density at radius 3 is 2.78 bits per heavy atom. The van der Waals surface area contributed by atoms with Crippen LogP contribution >= 0.6 is 0 Å². The zero-order valence-electron chi connectivity index (χ0n) is 16.0. The third-order valence-electron chi connectivity index (χ3n) is 5.83. The molecule has 2 unspecified atom stereocenters. The highest BCUT2D eigenvalue weighted by Gasteiger charge is 2.41. The van der Waals surface area contributed by atoms with E-state index in [0.717, 1.165) is 55.3 Å². The first-order valence-corrected chi connectivity index (χ1v) is 9.39. The van der Waals surface area contributed by atoms with Gasteiger partial charge in [-0.25, -0.2) is 9.97 Å². The number of ether oxygens (including phenoxy) is 1. The van der Waals surface area contributed by atoms with E-state index in [1.165, 1.54) is 0 Å². The normalized spacial score (nSPS) is 22.0. The van der Waals surface area contributed by atoms with E-state index in [9.17, 15) is 4.79 Å². The van der Waals surface area contributed by atoms with E-state index in [4.69, 9.17) is 9.26 Å². The molecule has 0 radical (unpaired) electrons. The van der Waals surface area contributed by atoms with E-state index < -0.39 is 0 Å². The van der Waals surface area contributed by atoms with Gasteiger partial charge in [0.15, 0.2) is 5.82 Å². The van der Waals surface area contributed by atoms with E-state index >= 15 is 0 Å². The lowest BCUT2D eigenvalue weighted by Crippen LogP contribution is -2.50. The monoisotopic (exact) mass is 371 g/mol. The molecule has 27 heavy (non-hydrogen) atoms. The van der Waals surface area contributed by atoms with Gasteiger partial charge in [-0.3, -0.25) is 4.79 Å². The summed E-state index contributed by atoms with van der Waals surface area (Å²) in [6.07, 6.45) is 5.75. The van der Waals surface area contributed by atoms with Gasteiger partial charge in [0, 0.05) is 37.6 Å². The largest absolute Gasteiger partial charge is 0.478 e. The fourth-order valence-corrected chi connectivity index (χ4v) is 4.33. The molecule has 144 valence electrons. The Morgan fingerprint density at radius 1 is 1.26 bits per heavy atom. The first kappa shape index (κ1) is 17.8. The van der Waals surface area contributed by atoms with Crippen LogP contribution in [0.25, 0.3) is 0 Å². The van der Waals surface area contributed by atoms with Crippen LogP contribution in [-0.4, -0.2) is 58.7 Å². The second-order valence-corrected chi connectivity index (χ2v) is 7.31. The predicted molar refractivity (Wildman–Crippen MR) is 98.7 cm³/mol. The minimum absolute atomic E-state index is 0.143. The molecule has 8 heteroatoms. The summed E-state index contributed by atoms with van der Waals surface area (Å²) < 4.78 is 10.6. The van der Waals surface area contributed by atoms with Gasteiger partial charge in [-0.1, -0.05) is 5.16 Å². The number of carbonyl (C=O) groups excluding carboxylic acids is 1. The van der Waals surface area contributed by atoms with Gasteiger partial charge in [0.25, 0.3) is 5.88 Å².